The average Bonchev–Trinajstić information content (AvgIpc) is 3.03. The molecule has 0 aromatic heterocycles. The van der Waals surface area contributed by atoms with Crippen LogP contribution in [-0.4, -0.2) is 11.9 Å². The van der Waals surface area contributed by atoms with Crippen LogP contribution in [0.15, 0.2) is 30.8 Å². The topological polar surface area (TPSA) is 29.1 Å². The van der Waals surface area contributed by atoms with E-state index < -0.39 is 0 Å². The van der Waals surface area contributed by atoms with E-state index in [2.05, 4.69) is 11.9 Å². The molecule has 1 aliphatic rings. The molecule has 1 amide bonds. The first kappa shape index (κ1) is 9.97. The van der Waals surface area contributed by atoms with Crippen LogP contribution in [0.4, 0.5) is 0 Å². The van der Waals surface area contributed by atoms with Gasteiger partial charge in [-0.3, -0.25) is 4.79 Å². The first-order chi connectivity index (χ1) is 7.28. The van der Waals surface area contributed by atoms with Crippen LogP contribution in [0.1, 0.15) is 24.0 Å². The van der Waals surface area contributed by atoms with E-state index in [1.165, 1.54) is 0 Å². The normalized spacial score (nSPS) is 14.7. The zero-order valence-electron chi connectivity index (χ0n) is 8.70. The fraction of sp³-hybridized carbons (Fsp3) is 0.308. The van der Waals surface area contributed by atoms with Gasteiger partial charge in [-0.25, -0.2) is 0 Å². The first-order valence-corrected chi connectivity index (χ1v) is 5.28. The molecule has 0 radical (unpaired) electrons. The standard InChI is InChI=1S/C13H15NO/c1-2-10-3-5-11(6-4-10)9-13(15)14-12-7-8-12/h2-6,12H,1,7-9H2,(H,14,15). The Morgan fingerprint density at radius 1 is 1.40 bits per heavy atom. The van der Waals surface area contributed by atoms with Crippen molar-refractivity contribution in [1.82, 2.24) is 5.32 Å². The summed E-state index contributed by atoms with van der Waals surface area (Å²) in [4.78, 5) is 11.5. The van der Waals surface area contributed by atoms with Gasteiger partial charge in [0.2, 0.25) is 5.91 Å². The lowest BCUT2D eigenvalue weighted by atomic mass is 10.1. The Morgan fingerprint density at radius 2 is 2.07 bits per heavy atom. The number of amides is 1. The Balaban J connectivity index is 1.91. The van der Waals surface area contributed by atoms with Crippen molar-refractivity contribution in [2.75, 3.05) is 0 Å². The van der Waals surface area contributed by atoms with Gasteiger partial charge >= 0.3 is 0 Å². The van der Waals surface area contributed by atoms with Gasteiger partial charge in [0.1, 0.15) is 0 Å². The Labute approximate surface area is 90.0 Å². The number of hydrogen-bond acceptors (Lipinski definition) is 1. The summed E-state index contributed by atoms with van der Waals surface area (Å²) in [7, 11) is 0. The summed E-state index contributed by atoms with van der Waals surface area (Å²) >= 11 is 0. The minimum Gasteiger partial charge on any atom is -0.353 e. The third-order valence-corrected chi connectivity index (χ3v) is 2.52. The van der Waals surface area contributed by atoms with E-state index in [0.29, 0.717) is 12.5 Å². The summed E-state index contributed by atoms with van der Waals surface area (Å²) in [5.74, 6) is 0.129. The molecular formula is C13H15NO. The SMILES string of the molecule is C=Cc1ccc(CC(=O)NC2CC2)cc1. The lowest BCUT2D eigenvalue weighted by molar-refractivity contribution is -0.120. The summed E-state index contributed by atoms with van der Waals surface area (Å²) in [6, 6.07) is 8.36. The quantitative estimate of drug-likeness (QED) is 0.794. The van der Waals surface area contributed by atoms with Gasteiger partial charge in [0.25, 0.3) is 0 Å². The molecule has 0 aliphatic heterocycles. The van der Waals surface area contributed by atoms with Crippen LogP contribution in [0.5, 0.6) is 0 Å². The molecule has 1 fully saturated rings. The Morgan fingerprint density at radius 3 is 2.60 bits per heavy atom. The van der Waals surface area contributed by atoms with Crippen molar-refractivity contribution >= 4 is 12.0 Å². The van der Waals surface area contributed by atoms with Crippen LogP contribution in [0.3, 0.4) is 0 Å². The second kappa shape index (κ2) is 4.30. The lowest BCUT2D eigenvalue weighted by Crippen LogP contribution is -2.26. The first-order valence-electron chi connectivity index (χ1n) is 5.28. The maximum absolute atomic E-state index is 11.5. The number of carbonyl (C=O) groups excluding carboxylic acids is 1. The van der Waals surface area contributed by atoms with E-state index in [0.717, 1.165) is 24.0 Å². The third kappa shape index (κ3) is 2.94. The monoisotopic (exact) mass is 201 g/mol. The molecule has 0 unspecified atom stereocenters. The molecule has 78 valence electrons. The molecule has 1 aromatic carbocycles. The van der Waals surface area contributed by atoms with Gasteiger partial charge in [0, 0.05) is 6.04 Å². The van der Waals surface area contributed by atoms with Gasteiger partial charge in [-0.15, -0.1) is 0 Å². The van der Waals surface area contributed by atoms with Crippen molar-refractivity contribution in [2.24, 2.45) is 0 Å². The molecule has 1 saturated carbocycles. The molecule has 0 bridgehead atoms. The van der Waals surface area contributed by atoms with Crippen molar-refractivity contribution in [3.63, 3.8) is 0 Å². The van der Waals surface area contributed by atoms with Crippen molar-refractivity contribution in [2.45, 2.75) is 25.3 Å². The average molecular weight is 201 g/mol. The second-order valence-corrected chi connectivity index (χ2v) is 3.96. The van der Waals surface area contributed by atoms with Gasteiger partial charge in [0.05, 0.1) is 6.42 Å². The van der Waals surface area contributed by atoms with E-state index in [9.17, 15) is 4.79 Å². The summed E-state index contributed by atoms with van der Waals surface area (Å²) in [6.45, 7) is 3.69. The van der Waals surface area contributed by atoms with E-state index in [1.54, 1.807) is 6.08 Å². The molecule has 1 aromatic rings. The van der Waals surface area contributed by atoms with Gasteiger partial charge in [0.15, 0.2) is 0 Å². The van der Waals surface area contributed by atoms with E-state index >= 15 is 0 Å². The summed E-state index contributed by atoms with van der Waals surface area (Å²) in [5.41, 5.74) is 2.14. The molecule has 2 heteroatoms. The molecule has 15 heavy (non-hydrogen) atoms. The van der Waals surface area contributed by atoms with Gasteiger partial charge < -0.3 is 5.32 Å². The van der Waals surface area contributed by atoms with E-state index in [1.807, 2.05) is 24.3 Å². The van der Waals surface area contributed by atoms with Gasteiger partial charge in [-0.05, 0) is 24.0 Å². The van der Waals surface area contributed by atoms with E-state index in [-0.39, 0.29) is 5.91 Å². The van der Waals surface area contributed by atoms with Gasteiger partial charge in [-0.1, -0.05) is 36.9 Å². The van der Waals surface area contributed by atoms with Crippen LogP contribution in [0.25, 0.3) is 6.08 Å². The highest BCUT2D eigenvalue weighted by Crippen LogP contribution is 2.18. The number of nitrogens with one attached hydrogen (secondary N) is 1. The molecule has 0 heterocycles. The number of rotatable bonds is 4. The Kier molecular flexibility index (Phi) is 2.86. The smallest absolute Gasteiger partial charge is 0.224 e. The Bertz CT molecular complexity index is 363. The molecule has 0 atom stereocenters. The van der Waals surface area contributed by atoms with Crippen LogP contribution in [-0.2, 0) is 11.2 Å². The number of carbonyl (C=O) groups is 1. The molecule has 0 saturated heterocycles. The number of benzene rings is 1. The Hall–Kier alpha value is -1.57. The third-order valence-electron chi connectivity index (χ3n) is 2.52. The maximum Gasteiger partial charge on any atom is 0.224 e. The predicted molar refractivity (Wildman–Crippen MR) is 61.4 cm³/mol. The maximum atomic E-state index is 11.5. The molecule has 2 rings (SSSR count). The highest BCUT2D eigenvalue weighted by atomic mass is 16.1. The largest absolute Gasteiger partial charge is 0.353 e. The van der Waals surface area contributed by atoms with Crippen molar-refractivity contribution in [1.29, 1.82) is 0 Å². The van der Waals surface area contributed by atoms with Crippen LogP contribution >= 0.6 is 0 Å². The van der Waals surface area contributed by atoms with Crippen LogP contribution < -0.4 is 5.32 Å². The zero-order chi connectivity index (χ0) is 10.7. The minimum atomic E-state index is 0.129. The fourth-order valence-corrected chi connectivity index (χ4v) is 1.46. The molecular weight excluding hydrogens is 186 g/mol. The molecule has 0 spiro atoms. The summed E-state index contributed by atoms with van der Waals surface area (Å²) < 4.78 is 0. The lowest BCUT2D eigenvalue weighted by Gasteiger charge is -2.03. The van der Waals surface area contributed by atoms with Crippen LogP contribution in [0.2, 0.25) is 0 Å². The molecule has 2 nitrogen and oxygen atoms in total. The minimum absolute atomic E-state index is 0.129. The highest BCUT2D eigenvalue weighted by Gasteiger charge is 2.22. The highest BCUT2D eigenvalue weighted by molar-refractivity contribution is 5.79. The summed E-state index contributed by atoms with van der Waals surface area (Å²) in [5, 5.41) is 2.97. The fourth-order valence-electron chi connectivity index (χ4n) is 1.46. The summed E-state index contributed by atoms with van der Waals surface area (Å²) in [6.07, 6.45) is 4.56. The molecule has 1 N–H and O–H groups in total. The van der Waals surface area contributed by atoms with E-state index in [4.69, 9.17) is 0 Å². The van der Waals surface area contributed by atoms with Crippen molar-refractivity contribution < 1.29 is 4.79 Å². The second-order valence-electron chi connectivity index (χ2n) is 3.96. The van der Waals surface area contributed by atoms with Crippen LogP contribution in [0, 0.1) is 0 Å². The zero-order valence-corrected chi connectivity index (χ0v) is 8.70. The number of hydrogen-bond donors (Lipinski definition) is 1. The predicted octanol–water partition coefficient (Wildman–Crippen LogP) is 2.15. The van der Waals surface area contributed by atoms with Crippen molar-refractivity contribution in [3.05, 3.63) is 42.0 Å². The van der Waals surface area contributed by atoms with Gasteiger partial charge in [-0.2, -0.15) is 0 Å². The van der Waals surface area contributed by atoms with Crippen molar-refractivity contribution in [3.8, 4) is 0 Å². The molecule has 1 aliphatic carbocycles.